The van der Waals surface area contributed by atoms with E-state index in [0.717, 1.165) is 23.1 Å². The summed E-state index contributed by atoms with van der Waals surface area (Å²) in [5, 5.41) is 0.978. The Bertz CT molecular complexity index is 271. The standard InChI is InChI=1S/C9H11BrN2/c10-5-2-1-3-9-7-8(11)4-6-12-9/h1,3-4,6-7H,2,5H2,(H2,11,12). The van der Waals surface area contributed by atoms with Crippen LogP contribution in [-0.4, -0.2) is 10.3 Å². The summed E-state index contributed by atoms with van der Waals surface area (Å²) in [6.45, 7) is 0. The molecule has 0 bridgehead atoms. The molecule has 1 aromatic rings. The normalized spacial score (nSPS) is 10.8. The van der Waals surface area contributed by atoms with Gasteiger partial charge in [0.1, 0.15) is 0 Å². The number of alkyl halides is 1. The second kappa shape index (κ2) is 4.93. The summed E-state index contributed by atoms with van der Waals surface area (Å²) in [6.07, 6.45) is 6.76. The van der Waals surface area contributed by atoms with Crippen molar-refractivity contribution in [1.82, 2.24) is 4.98 Å². The molecule has 0 radical (unpaired) electrons. The highest BCUT2D eigenvalue weighted by atomic mass is 79.9. The molecule has 1 rings (SSSR count). The van der Waals surface area contributed by atoms with Crippen LogP contribution < -0.4 is 5.73 Å². The van der Waals surface area contributed by atoms with Crippen molar-refractivity contribution >= 4 is 27.7 Å². The molecule has 2 N–H and O–H groups in total. The molecule has 0 aliphatic rings. The molecule has 1 aromatic heterocycles. The third-order valence-corrected chi connectivity index (χ3v) is 1.83. The number of nitrogens with two attached hydrogens (primary N) is 1. The first kappa shape index (κ1) is 9.26. The van der Waals surface area contributed by atoms with Gasteiger partial charge in [-0.3, -0.25) is 4.98 Å². The van der Waals surface area contributed by atoms with Crippen LogP contribution in [0.3, 0.4) is 0 Å². The van der Waals surface area contributed by atoms with E-state index >= 15 is 0 Å². The zero-order valence-electron chi connectivity index (χ0n) is 6.70. The SMILES string of the molecule is Nc1ccnc(C=CCCBr)c1. The molecule has 3 heteroatoms. The fourth-order valence-corrected chi connectivity index (χ4v) is 1.09. The van der Waals surface area contributed by atoms with Crippen LogP contribution in [0.25, 0.3) is 6.08 Å². The fourth-order valence-electron chi connectivity index (χ4n) is 0.824. The highest BCUT2D eigenvalue weighted by Gasteiger charge is 1.87. The van der Waals surface area contributed by atoms with Crippen LogP contribution >= 0.6 is 15.9 Å². The zero-order chi connectivity index (χ0) is 8.81. The maximum absolute atomic E-state index is 5.58. The predicted octanol–water partition coefficient (Wildman–Crippen LogP) is 2.46. The lowest BCUT2D eigenvalue weighted by atomic mass is 10.3. The van der Waals surface area contributed by atoms with E-state index in [4.69, 9.17) is 5.73 Å². The van der Waals surface area contributed by atoms with E-state index in [9.17, 15) is 0 Å². The number of nitrogen functional groups attached to an aromatic ring is 1. The lowest BCUT2D eigenvalue weighted by Crippen LogP contribution is -1.86. The van der Waals surface area contributed by atoms with Crippen LogP contribution in [0.5, 0.6) is 0 Å². The Morgan fingerprint density at radius 1 is 1.58 bits per heavy atom. The van der Waals surface area contributed by atoms with Crippen LogP contribution in [0.15, 0.2) is 24.4 Å². The molecule has 0 spiro atoms. The van der Waals surface area contributed by atoms with Gasteiger partial charge in [0.05, 0.1) is 5.69 Å². The minimum atomic E-state index is 0.753. The number of halogens is 1. The molecule has 0 aliphatic heterocycles. The molecule has 12 heavy (non-hydrogen) atoms. The molecule has 2 nitrogen and oxygen atoms in total. The van der Waals surface area contributed by atoms with Crippen LogP contribution in [-0.2, 0) is 0 Å². The zero-order valence-corrected chi connectivity index (χ0v) is 8.29. The van der Waals surface area contributed by atoms with Crippen molar-refractivity contribution in [2.24, 2.45) is 0 Å². The van der Waals surface area contributed by atoms with E-state index in [2.05, 4.69) is 27.0 Å². The van der Waals surface area contributed by atoms with Crippen LogP contribution in [0.1, 0.15) is 12.1 Å². The van der Waals surface area contributed by atoms with Gasteiger partial charge in [0.2, 0.25) is 0 Å². The average Bonchev–Trinajstić information content (AvgIpc) is 2.05. The molecule has 0 fully saturated rings. The first-order valence-corrected chi connectivity index (χ1v) is 4.89. The number of hydrogen-bond acceptors (Lipinski definition) is 2. The smallest absolute Gasteiger partial charge is 0.0646 e. The highest BCUT2D eigenvalue weighted by molar-refractivity contribution is 9.09. The average molecular weight is 227 g/mol. The maximum Gasteiger partial charge on any atom is 0.0646 e. The van der Waals surface area contributed by atoms with Gasteiger partial charge in [-0.1, -0.05) is 22.0 Å². The topological polar surface area (TPSA) is 38.9 Å². The van der Waals surface area contributed by atoms with E-state index in [0.29, 0.717) is 0 Å². The molecule has 0 amide bonds. The summed E-state index contributed by atoms with van der Waals surface area (Å²) in [6, 6.07) is 3.63. The number of nitrogens with zero attached hydrogens (tertiary/aromatic N) is 1. The Kier molecular flexibility index (Phi) is 3.80. The molecule has 0 saturated carbocycles. The summed E-state index contributed by atoms with van der Waals surface area (Å²) in [5.74, 6) is 0. The molecule has 0 aliphatic carbocycles. The molecule has 0 saturated heterocycles. The quantitative estimate of drug-likeness (QED) is 0.805. The number of anilines is 1. The summed E-state index contributed by atoms with van der Waals surface area (Å²) in [7, 11) is 0. The van der Waals surface area contributed by atoms with Crippen molar-refractivity contribution in [2.75, 3.05) is 11.1 Å². The summed E-state index contributed by atoms with van der Waals surface area (Å²) in [4.78, 5) is 4.13. The maximum atomic E-state index is 5.58. The Morgan fingerprint density at radius 3 is 3.08 bits per heavy atom. The van der Waals surface area contributed by atoms with Crippen molar-refractivity contribution in [3.8, 4) is 0 Å². The second-order valence-electron chi connectivity index (χ2n) is 2.39. The molecule has 0 aromatic carbocycles. The number of hydrogen-bond donors (Lipinski definition) is 1. The largest absolute Gasteiger partial charge is 0.399 e. The molecule has 0 unspecified atom stereocenters. The summed E-state index contributed by atoms with van der Waals surface area (Å²) >= 11 is 3.34. The third kappa shape index (κ3) is 3.05. The summed E-state index contributed by atoms with van der Waals surface area (Å²) < 4.78 is 0. The number of rotatable bonds is 3. The lowest BCUT2D eigenvalue weighted by molar-refractivity contribution is 1.25. The first-order valence-electron chi connectivity index (χ1n) is 3.77. The van der Waals surface area contributed by atoms with E-state index < -0.39 is 0 Å². The van der Waals surface area contributed by atoms with E-state index in [1.165, 1.54) is 0 Å². The van der Waals surface area contributed by atoms with Gasteiger partial charge >= 0.3 is 0 Å². The number of aromatic nitrogens is 1. The van der Waals surface area contributed by atoms with Crippen LogP contribution in [0.4, 0.5) is 5.69 Å². The minimum Gasteiger partial charge on any atom is -0.399 e. The molecular weight excluding hydrogens is 216 g/mol. The van der Waals surface area contributed by atoms with Gasteiger partial charge in [0, 0.05) is 17.2 Å². The van der Waals surface area contributed by atoms with Crippen molar-refractivity contribution in [3.05, 3.63) is 30.1 Å². The number of pyridine rings is 1. The van der Waals surface area contributed by atoms with Gasteiger partial charge in [-0.2, -0.15) is 0 Å². The Labute approximate surface area is 80.6 Å². The lowest BCUT2D eigenvalue weighted by Gasteiger charge is -1.93. The van der Waals surface area contributed by atoms with Gasteiger partial charge in [-0.15, -0.1) is 0 Å². The summed E-state index contributed by atoms with van der Waals surface area (Å²) in [5.41, 5.74) is 7.25. The minimum absolute atomic E-state index is 0.753. The first-order chi connectivity index (χ1) is 5.83. The molecule has 64 valence electrons. The molecular formula is C9H11BrN2. The highest BCUT2D eigenvalue weighted by Crippen LogP contribution is 2.05. The predicted molar refractivity (Wildman–Crippen MR) is 56.1 cm³/mol. The van der Waals surface area contributed by atoms with Crippen molar-refractivity contribution < 1.29 is 0 Å². The Morgan fingerprint density at radius 2 is 2.42 bits per heavy atom. The Balaban J connectivity index is 2.63. The van der Waals surface area contributed by atoms with Gasteiger partial charge in [0.15, 0.2) is 0 Å². The van der Waals surface area contributed by atoms with Gasteiger partial charge in [-0.25, -0.2) is 0 Å². The fraction of sp³-hybridized carbons (Fsp3) is 0.222. The van der Waals surface area contributed by atoms with Crippen molar-refractivity contribution in [2.45, 2.75) is 6.42 Å². The monoisotopic (exact) mass is 226 g/mol. The van der Waals surface area contributed by atoms with Crippen molar-refractivity contribution in [3.63, 3.8) is 0 Å². The van der Waals surface area contributed by atoms with Gasteiger partial charge < -0.3 is 5.73 Å². The van der Waals surface area contributed by atoms with Gasteiger partial charge in [0.25, 0.3) is 0 Å². The Hall–Kier alpha value is -0.830. The number of allylic oxidation sites excluding steroid dienone is 1. The third-order valence-electron chi connectivity index (χ3n) is 1.37. The van der Waals surface area contributed by atoms with E-state index in [-0.39, 0.29) is 0 Å². The van der Waals surface area contributed by atoms with Crippen LogP contribution in [0.2, 0.25) is 0 Å². The molecule has 1 heterocycles. The van der Waals surface area contributed by atoms with Crippen molar-refractivity contribution in [1.29, 1.82) is 0 Å². The van der Waals surface area contributed by atoms with E-state index in [1.807, 2.05) is 12.1 Å². The van der Waals surface area contributed by atoms with Crippen LogP contribution in [0, 0.1) is 0 Å². The second-order valence-corrected chi connectivity index (χ2v) is 3.19. The molecule has 0 atom stereocenters. The van der Waals surface area contributed by atoms with Gasteiger partial charge in [-0.05, 0) is 24.6 Å². The van der Waals surface area contributed by atoms with E-state index in [1.54, 1.807) is 12.3 Å².